The van der Waals surface area contributed by atoms with Crippen molar-refractivity contribution in [1.29, 1.82) is 0 Å². The van der Waals surface area contributed by atoms with E-state index in [-0.39, 0.29) is 0 Å². The van der Waals surface area contributed by atoms with Crippen molar-refractivity contribution >= 4 is 0 Å². The predicted molar refractivity (Wildman–Crippen MR) is 103 cm³/mol. The summed E-state index contributed by atoms with van der Waals surface area (Å²) in [5, 5.41) is 47.3. The standard InChI is InChI=1S/C21H22N2O6/c1-11-22-23-21(28-11)15-8-4-13(5-9-15)12-2-6-14(7-3-12)20-19(27)18(26)17(25)16(10-24)29-20/h2-9,16-20,24-27H,10H2,1H3/t16-,17-,18+,19+,20-/m1/s1. The van der Waals surface area contributed by atoms with Gasteiger partial charge in [0.25, 0.3) is 0 Å². The minimum absolute atomic E-state index is 0.453. The first-order valence-corrected chi connectivity index (χ1v) is 9.29. The van der Waals surface area contributed by atoms with Crippen LogP contribution >= 0.6 is 0 Å². The summed E-state index contributed by atoms with van der Waals surface area (Å²) in [6.45, 7) is 1.29. The van der Waals surface area contributed by atoms with Crippen LogP contribution in [0.4, 0.5) is 0 Å². The molecule has 0 aliphatic carbocycles. The van der Waals surface area contributed by atoms with E-state index in [9.17, 15) is 20.4 Å². The highest BCUT2D eigenvalue weighted by Gasteiger charge is 2.43. The fraction of sp³-hybridized carbons (Fsp3) is 0.333. The van der Waals surface area contributed by atoms with Crippen molar-refractivity contribution in [2.24, 2.45) is 0 Å². The van der Waals surface area contributed by atoms with E-state index in [4.69, 9.17) is 9.15 Å². The Morgan fingerprint density at radius 2 is 1.38 bits per heavy atom. The molecule has 8 heteroatoms. The number of hydrogen-bond acceptors (Lipinski definition) is 8. The lowest BCUT2D eigenvalue weighted by atomic mass is 9.90. The number of ether oxygens (including phenoxy) is 1. The van der Waals surface area contributed by atoms with Gasteiger partial charge in [-0.3, -0.25) is 0 Å². The normalized spacial score (nSPS) is 27.1. The van der Waals surface area contributed by atoms with Crippen molar-refractivity contribution in [1.82, 2.24) is 10.2 Å². The van der Waals surface area contributed by atoms with E-state index >= 15 is 0 Å². The molecular formula is C21H22N2O6. The predicted octanol–water partition coefficient (Wildman–Crippen LogP) is 1.23. The lowest BCUT2D eigenvalue weighted by Crippen LogP contribution is -2.55. The molecule has 4 rings (SSSR count). The molecule has 1 aliphatic heterocycles. The first-order valence-electron chi connectivity index (χ1n) is 9.29. The van der Waals surface area contributed by atoms with Gasteiger partial charge in [0.05, 0.1) is 6.61 Å². The second-order valence-corrected chi connectivity index (χ2v) is 7.08. The Labute approximate surface area is 167 Å². The number of aryl methyl sites for hydroxylation is 1. The van der Waals surface area contributed by atoms with Crippen molar-refractivity contribution in [3.63, 3.8) is 0 Å². The number of aliphatic hydroxyl groups is 4. The maximum absolute atomic E-state index is 10.3. The molecule has 1 saturated heterocycles. The molecule has 3 aromatic rings. The van der Waals surface area contributed by atoms with Gasteiger partial charge in [-0.1, -0.05) is 36.4 Å². The van der Waals surface area contributed by atoms with Crippen molar-refractivity contribution in [2.75, 3.05) is 6.61 Å². The molecule has 1 aromatic heterocycles. The van der Waals surface area contributed by atoms with E-state index in [2.05, 4.69) is 10.2 Å². The average molecular weight is 398 g/mol. The molecule has 0 unspecified atom stereocenters. The zero-order chi connectivity index (χ0) is 20.5. The molecule has 152 valence electrons. The molecule has 0 spiro atoms. The lowest BCUT2D eigenvalue weighted by Gasteiger charge is -2.40. The molecular weight excluding hydrogens is 376 g/mol. The van der Waals surface area contributed by atoms with E-state index in [0.717, 1.165) is 16.7 Å². The van der Waals surface area contributed by atoms with Crippen molar-refractivity contribution in [2.45, 2.75) is 37.4 Å². The summed E-state index contributed by atoms with van der Waals surface area (Å²) in [4.78, 5) is 0. The van der Waals surface area contributed by atoms with E-state index in [1.54, 1.807) is 19.1 Å². The van der Waals surface area contributed by atoms with E-state index in [0.29, 0.717) is 17.3 Å². The monoisotopic (exact) mass is 398 g/mol. The summed E-state index contributed by atoms with van der Waals surface area (Å²) in [5.41, 5.74) is 3.40. The quantitative estimate of drug-likeness (QED) is 0.516. The molecule has 5 atom stereocenters. The average Bonchev–Trinajstić information content (AvgIpc) is 3.19. The van der Waals surface area contributed by atoms with Gasteiger partial charge in [0, 0.05) is 12.5 Å². The zero-order valence-electron chi connectivity index (χ0n) is 15.7. The Morgan fingerprint density at radius 3 is 1.93 bits per heavy atom. The van der Waals surface area contributed by atoms with Gasteiger partial charge in [-0.25, -0.2) is 0 Å². The van der Waals surface area contributed by atoms with E-state index < -0.39 is 37.1 Å². The number of benzene rings is 2. The van der Waals surface area contributed by atoms with Crippen LogP contribution in [0.1, 0.15) is 17.6 Å². The molecule has 2 aromatic carbocycles. The third-order valence-corrected chi connectivity index (χ3v) is 5.12. The molecule has 0 amide bonds. The number of aliphatic hydroxyl groups excluding tert-OH is 4. The minimum Gasteiger partial charge on any atom is -0.421 e. The smallest absolute Gasteiger partial charge is 0.247 e. The third-order valence-electron chi connectivity index (χ3n) is 5.12. The van der Waals surface area contributed by atoms with Crippen LogP contribution in [-0.4, -0.2) is 61.6 Å². The maximum atomic E-state index is 10.3. The SMILES string of the molecule is Cc1nnc(-c2ccc(-c3ccc([C@H]4O[C@H](CO)[C@@H](O)[C@H](O)[C@@H]4O)cc3)cc2)o1. The van der Waals surface area contributed by atoms with Gasteiger partial charge in [0.1, 0.15) is 30.5 Å². The highest BCUT2D eigenvalue weighted by atomic mass is 16.5. The molecule has 1 aliphatic rings. The summed E-state index contributed by atoms with van der Waals surface area (Å²) in [6.07, 6.45) is -5.84. The molecule has 0 radical (unpaired) electrons. The maximum Gasteiger partial charge on any atom is 0.247 e. The van der Waals surface area contributed by atoms with Crippen LogP contribution in [0.15, 0.2) is 52.9 Å². The Bertz CT molecular complexity index is 954. The minimum atomic E-state index is -1.40. The fourth-order valence-electron chi connectivity index (χ4n) is 3.46. The summed E-state index contributed by atoms with van der Waals surface area (Å²) < 4.78 is 11.0. The van der Waals surface area contributed by atoms with Crippen LogP contribution in [0.3, 0.4) is 0 Å². The second kappa shape index (κ2) is 8.02. The lowest BCUT2D eigenvalue weighted by molar-refractivity contribution is -0.231. The van der Waals surface area contributed by atoms with Crippen LogP contribution in [0.5, 0.6) is 0 Å². The van der Waals surface area contributed by atoms with Crippen molar-refractivity contribution in [3.8, 4) is 22.6 Å². The van der Waals surface area contributed by atoms with Gasteiger partial charge in [-0.2, -0.15) is 0 Å². The molecule has 1 fully saturated rings. The van der Waals surface area contributed by atoms with Gasteiger partial charge >= 0.3 is 0 Å². The third kappa shape index (κ3) is 3.81. The summed E-state index contributed by atoms with van der Waals surface area (Å²) in [7, 11) is 0. The largest absolute Gasteiger partial charge is 0.421 e. The Hall–Kier alpha value is -2.62. The highest BCUT2D eigenvalue weighted by Crippen LogP contribution is 2.33. The van der Waals surface area contributed by atoms with Gasteiger partial charge in [-0.15, -0.1) is 10.2 Å². The van der Waals surface area contributed by atoms with Crippen LogP contribution < -0.4 is 0 Å². The molecule has 29 heavy (non-hydrogen) atoms. The van der Waals surface area contributed by atoms with E-state index in [1.165, 1.54) is 0 Å². The molecule has 4 N–H and O–H groups in total. The fourth-order valence-corrected chi connectivity index (χ4v) is 3.46. The molecule has 2 heterocycles. The van der Waals surface area contributed by atoms with Gasteiger partial charge in [0.15, 0.2) is 0 Å². The van der Waals surface area contributed by atoms with Crippen molar-refractivity contribution in [3.05, 3.63) is 60.0 Å². The van der Waals surface area contributed by atoms with Crippen LogP contribution in [0.25, 0.3) is 22.6 Å². The summed E-state index contributed by atoms with van der Waals surface area (Å²) >= 11 is 0. The Morgan fingerprint density at radius 1 is 0.793 bits per heavy atom. The topological polar surface area (TPSA) is 129 Å². The van der Waals surface area contributed by atoms with E-state index in [1.807, 2.05) is 36.4 Å². The molecule has 8 nitrogen and oxygen atoms in total. The van der Waals surface area contributed by atoms with Crippen LogP contribution in [-0.2, 0) is 4.74 Å². The molecule has 0 saturated carbocycles. The Balaban J connectivity index is 1.53. The zero-order valence-corrected chi connectivity index (χ0v) is 15.7. The van der Waals surface area contributed by atoms with Gasteiger partial charge < -0.3 is 29.6 Å². The first kappa shape index (κ1) is 19.7. The number of hydrogen-bond donors (Lipinski definition) is 4. The number of rotatable bonds is 4. The Kier molecular flexibility index (Phi) is 5.44. The number of aromatic nitrogens is 2. The van der Waals surface area contributed by atoms with Gasteiger partial charge in [0.2, 0.25) is 11.8 Å². The van der Waals surface area contributed by atoms with Crippen molar-refractivity contribution < 1.29 is 29.6 Å². The molecule has 0 bridgehead atoms. The summed E-state index contributed by atoms with van der Waals surface area (Å²) in [6, 6.07) is 15.0. The first-order chi connectivity index (χ1) is 14.0. The van der Waals surface area contributed by atoms with Crippen LogP contribution in [0.2, 0.25) is 0 Å². The number of nitrogens with zero attached hydrogens (tertiary/aromatic N) is 2. The van der Waals surface area contributed by atoms with Crippen LogP contribution in [0, 0.1) is 6.92 Å². The summed E-state index contributed by atoms with van der Waals surface area (Å²) in [5.74, 6) is 0.972. The highest BCUT2D eigenvalue weighted by molar-refractivity contribution is 5.67. The second-order valence-electron chi connectivity index (χ2n) is 7.08. The van der Waals surface area contributed by atoms with Gasteiger partial charge in [-0.05, 0) is 28.8 Å².